The van der Waals surface area contributed by atoms with E-state index in [9.17, 15) is 0 Å². The van der Waals surface area contributed by atoms with Crippen LogP contribution in [0.5, 0.6) is 0 Å². The Hall–Kier alpha value is -1.99. The molecule has 1 atom stereocenters. The molecule has 0 saturated heterocycles. The fraction of sp³-hybridized carbons (Fsp3) is 0.250. The summed E-state index contributed by atoms with van der Waals surface area (Å²) in [6.45, 7) is 6.80. The molecule has 0 bridgehead atoms. The van der Waals surface area contributed by atoms with Crippen LogP contribution in [0.2, 0.25) is 0 Å². The summed E-state index contributed by atoms with van der Waals surface area (Å²) in [7, 11) is 0. The van der Waals surface area contributed by atoms with Crippen LogP contribution in [0.15, 0.2) is 86.4 Å². The quantitative estimate of drug-likeness (QED) is 0.587. The molecule has 25 heavy (non-hydrogen) atoms. The van der Waals surface area contributed by atoms with Crippen LogP contribution in [0, 0.1) is 0 Å². The van der Waals surface area contributed by atoms with Gasteiger partial charge in [-0.3, -0.25) is 0 Å². The van der Waals surface area contributed by atoms with Gasteiger partial charge in [-0.2, -0.15) is 0 Å². The predicted octanol–water partition coefficient (Wildman–Crippen LogP) is 6.55. The van der Waals surface area contributed by atoms with Crippen molar-refractivity contribution in [3.63, 3.8) is 0 Å². The third kappa shape index (κ3) is 2.37. The van der Waals surface area contributed by atoms with Gasteiger partial charge in [-0.25, -0.2) is 0 Å². The van der Waals surface area contributed by atoms with Crippen LogP contribution in [0.25, 0.3) is 6.08 Å². The average Bonchev–Trinajstić information content (AvgIpc) is 3.22. The summed E-state index contributed by atoms with van der Waals surface area (Å²) in [4.78, 5) is 1.48. The van der Waals surface area contributed by atoms with E-state index in [-0.39, 0.29) is 0 Å². The molecule has 0 spiro atoms. The first-order valence-corrected chi connectivity index (χ1v) is 9.95. The van der Waals surface area contributed by atoms with Crippen molar-refractivity contribution < 1.29 is 0 Å². The van der Waals surface area contributed by atoms with Crippen LogP contribution in [0.3, 0.4) is 0 Å². The van der Waals surface area contributed by atoms with Crippen molar-refractivity contribution in [3.05, 3.63) is 97.5 Å². The largest absolute Gasteiger partial charge is 0.118 e. The Kier molecular flexibility index (Phi) is 3.36. The Morgan fingerprint density at radius 2 is 1.88 bits per heavy atom. The second kappa shape index (κ2) is 5.51. The maximum absolute atomic E-state index is 2.51. The monoisotopic (exact) mass is 342 g/mol. The van der Waals surface area contributed by atoms with Gasteiger partial charge in [0.2, 0.25) is 0 Å². The van der Waals surface area contributed by atoms with E-state index in [1.54, 1.807) is 5.57 Å². The van der Waals surface area contributed by atoms with Crippen molar-refractivity contribution in [2.45, 2.75) is 38.9 Å². The maximum atomic E-state index is 2.51. The van der Waals surface area contributed by atoms with E-state index in [4.69, 9.17) is 0 Å². The Morgan fingerprint density at radius 1 is 1.04 bits per heavy atom. The lowest BCUT2D eigenvalue weighted by Gasteiger charge is -2.20. The lowest BCUT2D eigenvalue weighted by atomic mass is 9.87. The summed E-state index contributed by atoms with van der Waals surface area (Å²) < 4.78 is 0. The van der Waals surface area contributed by atoms with Gasteiger partial charge in [0.15, 0.2) is 0 Å². The van der Waals surface area contributed by atoms with Crippen molar-refractivity contribution in [1.29, 1.82) is 0 Å². The van der Waals surface area contributed by atoms with Crippen molar-refractivity contribution in [3.8, 4) is 0 Å². The molecule has 1 heteroatoms. The molecule has 3 aliphatic carbocycles. The van der Waals surface area contributed by atoms with E-state index in [1.807, 2.05) is 11.8 Å². The standard InChI is InChI=1S/C24H22S/c1-14-8-20-12-22-15(2)16(3)25-24(22)13-23(20)21(14)11-17-9-18-6-4-5-7-19(18)10-17/h4-9,12-13,24H,10-11H2,1-3H3. The highest BCUT2D eigenvalue weighted by Gasteiger charge is 2.31. The molecule has 0 saturated carbocycles. The van der Waals surface area contributed by atoms with Crippen molar-refractivity contribution in [2.24, 2.45) is 0 Å². The van der Waals surface area contributed by atoms with E-state index in [2.05, 4.69) is 69.3 Å². The number of hydrogen-bond donors (Lipinski definition) is 0. The molecule has 0 radical (unpaired) electrons. The van der Waals surface area contributed by atoms with E-state index >= 15 is 0 Å². The SMILES string of the molecule is CC1=C(CC2=Cc3ccccc3C2)C2=CC3SC(C)=C(C)C3=CC2=C1. The highest BCUT2D eigenvalue weighted by atomic mass is 32.2. The average molecular weight is 343 g/mol. The molecule has 0 aromatic heterocycles. The summed E-state index contributed by atoms with van der Waals surface area (Å²) in [6.07, 6.45) is 11.9. The van der Waals surface area contributed by atoms with Gasteiger partial charge in [-0.05, 0) is 89.2 Å². The van der Waals surface area contributed by atoms with Crippen LogP contribution in [0.4, 0.5) is 0 Å². The molecule has 4 aliphatic rings. The van der Waals surface area contributed by atoms with Crippen LogP contribution in [0.1, 0.15) is 38.3 Å². The zero-order valence-corrected chi connectivity index (χ0v) is 15.8. The third-order valence-corrected chi connectivity index (χ3v) is 7.22. The molecule has 0 N–H and O–H groups in total. The van der Waals surface area contributed by atoms with E-state index in [0.717, 1.165) is 12.8 Å². The lowest BCUT2D eigenvalue weighted by Crippen LogP contribution is -2.07. The molecular formula is C24H22S. The van der Waals surface area contributed by atoms with E-state index in [0.29, 0.717) is 5.25 Å². The van der Waals surface area contributed by atoms with Gasteiger partial charge in [0.05, 0.1) is 5.25 Å². The molecule has 1 aromatic rings. The second-order valence-corrected chi connectivity index (χ2v) is 8.87. The first-order chi connectivity index (χ1) is 12.1. The first kappa shape index (κ1) is 15.3. The third-order valence-electron chi connectivity index (χ3n) is 5.92. The fourth-order valence-electron chi connectivity index (χ4n) is 4.42. The zero-order chi connectivity index (χ0) is 17.1. The van der Waals surface area contributed by atoms with Crippen molar-refractivity contribution in [2.75, 3.05) is 0 Å². The van der Waals surface area contributed by atoms with Gasteiger partial charge in [0.25, 0.3) is 0 Å². The van der Waals surface area contributed by atoms with Crippen LogP contribution >= 0.6 is 11.8 Å². The van der Waals surface area contributed by atoms with Gasteiger partial charge < -0.3 is 0 Å². The van der Waals surface area contributed by atoms with Crippen molar-refractivity contribution in [1.82, 2.24) is 0 Å². The fourth-order valence-corrected chi connectivity index (χ4v) is 5.67. The Labute approximate surface area is 154 Å². The summed E-state index contributed by atoms with van der Waals surface area (Å²) in [5, 5.41) is 0.516. The highest BCUT2D eigenvalue weighted by molar-refractivity contribution is 8.04. The maximum Gasteiger partial charge on any atom is 0.0533 e. The minimum Gasteiger partial charge on any atom is -0.118 e. The van der Waals surface area contributed by atoms with Crippen LogP contribution in [-0.4, -0.2) is 5.25 Å². The Bertz CT molecular complexity index is 989. The molecular weight excluding hydrogens is 320 g/mol. The van der Waals surface area contributed by atoms with Gasteiger partial charge in [-0.15, -0.1) is 11.8 Å². The zero-order valence-electron chi connectivity index (χ0n) is 15.0. The Morgan fingerprint density at radius 3 is 2.72 bits per heavy atom. The normalized spacial score (nSPS) is 23.9. The molecule has 1 aromatic carbocycles. The number of allylic oxidation sites excluding steroid dienone is 9. The second-order valence-electron chi connectivity index (χ2n) is 7.52. The summed E-state index contributed by atoms with van der Waals surface area (Å²) in [5.41, 5.74) is 13.3. The molecule has 1 heterocycles. The number of rotatable bonds is 2. The summed E-state index contributed by atoms with van der Waals surface area (Å²) in [6, 6.07) is 8.80. The number of hydrogen-bond acceptors (Lipinski definition) is 1. The lowest BCUT2D eigenvalue weighted by molar-refractivity contribution is 1.05. The van der Waals surface area contributed by atoms with Gasteiger partial charge in [0.1, 0.15) is 0 Å². The number of benzene rings is 1. The first-order valence-electron chi connectivity index (χ1n) is 9.07. The molecule has 5 rings (SSSR count). The minimum absolute atomic E-state index is 0.516. The van der Waals surface area contributed by atoms with Gasteiger partial charge in [-0.1, -0.05) is 48.1 Å². The highest BCUT2D eigenvalue weighted by Crippen LogP contribution is 2.49. The molecule has 124 valence electrons. The molecule has 0 nitrogen and oxygen atoms in total. The van der Waals surface area contributed by atoms with E-state index in [1.165, 1.54) is 49.5 Å². The van der Waals surface area contributed by atoms with Crippen LogP contribution < -0.4 is 0 Å². The molecule has 0 amide bonds. The van der Waals surface area contributed by atoms with Crippen molar-refractivity contribution >= 4 is 17.8 Å². The minimum atomic E-state index is 0.516. The summed E-state index contributed by atoms with van der Waals surface area (Å²) in [5.74, 6) is 0. The predicted molar refractivity (Wildman–Crippen MR) is 109 cm³/mol. The molecule has 1 unspecified atom stereocenters. The molecule has 1 aliphatic heterocycles. The van der Waals surface area contributed by atoms with Gasteiger partial charge in [0, 0.05) is 0 Å². The Balaban J connectivity index is 1.44. The number of thioether (sulfide) groups is 1. The topological polar surface area (TPSA) is 0 Å². The molecule has 0 fully saturated rings. The number of fused-ring (bicyclic) bond motifs is 3. The van der Waals surface area contributed by atoms with Crippen LogP contribution in [-0.2, 0) is 6.42 Å². The van der Waals surface area contributed by atoms with E-state index < -0.39 is 0 Å². The summed E-state index contributed by atoms with van der Waals surface area (Å²) >= 11 is 2.01. The van der Waals surface area contributed by atoms with Gasteiger partial charge >= 0.3 is 0 Å². The smallest absolute Gasteiger partial charge is 0.0533 e.